The van der Waals surface area contributed by atoms with Crippen LogP contribution in [0.25, 0.3) is 10.6 Å². The molecule has 2 bridgehead atoms. The largest absolute Gasteiger partial charge is 0.347 e. The van der Waals surface area contributed by atoms with E-state index >= 15 is 0 Å². The zero-order chi connectivity index (χ0) is 15.1. The minimum Gasteiger partial charge on any atom is -0.347 e. The summed E-state index contributed by atoms with van der Waals surface area (Å²) in [7, 11) is 0. The van der Waals surface area contributed by atoms with Gasteiger partial charge in [-0.15, -0.1) is 11.3 Å². The van der Waals surface area contributed by atoms with Crippen LogP contribution in [0.5, 0.6) is 0 Å². The van der Waals surface area contributed by atoms with Crippen LogP contribution in [0.1, 0.15) is 34.5 Å². The first kappa shape index (κ1) is 13.9. The van der Waals surface area contributed by atoms with Crippen molar-refractivity contribution < 1.29 is 4.79 Å². The smallest absolute Gasteiger partial charge is 0.263 e. The van der Waals surface area contributed by atoms with E-state index in [2.05, 4.69) is 34.7 Å². The van der Waals surface area contributed by atoms with E-state index in [1.807, 2.05) is 12.1 Å². The van der Waals surface area contributed by atoms with Crippen LogP contribution in [0.3, 0.4) is 0 Å². The lowest BCUT2D eigenvalue weighted by Gasteiger charge is -2.20. The van der Waals surface area contributed by atoms with E-state index in [4.69, 9.17) is 0 Å². The second kappa shape index (κ2) is 5.48. The van der Waals surface area contributed by atoms with Crippen LogP contribution < -0.4 is 10.6 Å². The Morgan fingerprint density at radius 1 is 1.41 bits per heavy atom. The molecule has 22 heavy (non-hydrogen) atoms. The van der Waals surface area contributed by atoms with E-state index in [1.165, 1.54) is 29.7 Å². The van der Waals surface area contributed by atoms with Crippen LogP contribution in [0.4, 0.5) is 0 Å². The SMILES string of the molecule is Cc1cccc(-c2ncc(C(=O)N[C@@H]3C[C@H]4CC[C@@H]3N4)s2)c1. The Balaban J connectivity index is 1.48. The number of thiazole rings is 1. The number of amides is 1. The Hall–Kier alpha value is -1.72. The zero-order valence-corrected chi connectivity index (χ0v) is 13.3. The number of benzene rings is 1. The molecular formula is C17H19N3OS. The molecule has 1 aromatic carbocycles. The fourth-order valence-corrected chi connectivity index (χ4v) is 4.33. The maximum Gasteiger partial charge on any atom is 0.263 e. The third-order valence-corrected chi connectivity index (χ3v) is 5.66. The molecule has 0 unspecified atom stereocenters. The average molecular weight is 313 g/mol. The van der Waals surface area contributed by atoms with Gasteiger partial charge in [0.1, 0.15) is 9.88 Å². The topological polar surface area (TPSA) is 54.0 Å². The van der Waals surface area contributed by atoms with Gasteiger partial charge in [0.05, 0.1) is 6.20 Å². The number of hydrogen-bond donors (Lipinski definition) is 2. The van der Waals surface area contributed by atoms with Crippen molar-refractivity contribution in [1.82, 2.24) is 15.6 Å². The molecule has 2 aromatic rings. The highest BCUT2D eigenvalue weighted by Gasteiger charge is 2.39. The lowest BCUT2D eigenvalue weighted by Crippen LogP contribution is -2.42. The third kappa shape index (κ3) is 2.55. The molecule has 4 rings (SSSR count). The highest BCUT2D eigenvalue weighted by molar-refractivity contribution is 7.16. The summed E-state index contributed by atoms with van der Waals surface area (Å²) < 4.78 is 0. The molecular weight excluding hydrogens is 294 g/mol. The van der Waals surface area contributed by atoms with E-state index in [9.17, 15) is 4.79 Å². The van der Waals surface area contributed by atoms with Crippen LogP contribution in [0.15, 0.2) is 30.5 Å². The lowest BCUT2D eigenvalue weighted by molar-refractivity contribution is 0.0935. The van der Waals surface area contributed by atoms with E-state index in [-0.39, 0.29) is 11.9 Å². The second-order valence-electron chi connectivity index (χ2n) is 6.26. The van der Waals surface area contributed by atoms with Crippen LogP contribution in [-0.2, 0) is 0 Å². The van der Waals surface area contributed by atoms with Crippen molar-refractivity contribution in [3.05, 3.63) is 40.9 Å². The van der Waals surface area contributed by atoms with Crippen LogP contribution >= 0.6 is 11.3 Å². The van der Waals surface area contributed by atoms with Gasteiger partial charge in [0.25, 0.3) is 5.91 Å². The molecule has 2 N–H and O–H groups in total. The molecule has 0 spiro atoms. The maximum absolute atomic E-state index is 12.4. The van der Waals surface area contributed by atoms with Crippen LogP contribution in [-0.4, -0.2) is 29.0 Å². The molecule has 0 radical (unpaired) electrons. The summed E-state index contributed by atoms with van der Waals surface area (Å²) in [6.07, 6.45) is 5.17. The molecule has 0 saturated carbocycles. The summed E-state index contributed by atoms with van der Waals surface area (Å²) in [5, 5.41) is 7.62. The third-order valence-electron chi connectivity index (χ3n) is 4.61. The van der Waals surface area contributed by atoms with Crippen molar-refractivity contribution in [3.63, 3.8) is 0 Å². The average Bonchev–Trinajstić information content (AvgIpc) is 3.23. The highest BCUT2D eigenvalue weighted by atomic mass is 32.1. The molecule has 2 fully saturated rings. The van der Waals surface area contributed by atoms with Gasteiger partial charge in [0.2, 0.25) is 0 Å². The minimum atomic E-state index is 0.00996. The lowest BCUT2D eigenvalue weighted by atomic mass is 9.95. The molecule has 2 aliphatic heterocycles. The summed E-state index contributed by atoms with van der Waals surface area (Å²) >= 11 is 1.46. The normalized spacial score (nSPS) is 26.3. The maximum atomic E-state index is 12.4. The van der Waals surface area contributed by atoms with Gasteiger partial charge in [0, 0.05) is 23.7 Å². The number of aryl methyl sites for hydroxylation is 1. The molecule has 0 aliphatic carbocycles. The molecule has 2 aliphatic rings. The fraction of sp³-hybridized carbons (Fsp3) is 0.412. The summed E-state index contributed by atoms with van der Waals surface area (Å²) in [4.78, 5) is 17.5. The van der Waals surface area contributed by atoms with E-state index in [0.717, 1.165) is 17.0 Å². The standard InChI is InChI=1S/C17H19N3OS/c1-10-3-2-4-11(7-10)17-18-9-15(22-17)16(21)20-14-8-12-5-6-13(14)19-12/h2-4,7,9,12-14,19H,5-6,8H2,1H3,(H,20,21)/t12-,13+,14-/m1/s1. The Kier molecular flexibility index (Phi) is 3.47. The molecule has 5 heteroatoms. The monoisotopic (exact) mass is 313 g/mol. The number of fused-ring (bicyclic) bond motifs is 2. The summed E-state index contributed by atoms with van der Waals surface area (Å²) in [6, 6.07) is 9.54. The van der Waals surface area contributed by atoms with Gasteiger partial charge in [-0.2, -0.15) is 0 Å². The van der Waals surface area contributed by atoms with Gasteiger partial charge in [-0.25, -0.2) is 4.98 Å². The highest BCUT2D eigenvalue weighted by Crippen LogP contribution is 2.29. The fourth-order valence-electron chi connectivity index (χ4n) is 3.51. The van der Waals surface area contributed by atoms with Gasteiger partial charge in [-0.1, -0.05) is 23.8 Å². The molecule has 3 heterocycles. The van der Waals surface area contributed by atoms with Crippen LogP contribution in [0, 0.1) is 6.92 Å². The van der Waals surface area contributed by atoms with Gasteiger partial charge in [-0.05, 0) is 32.3 Å². The number of nitrogens with one attached hydrogen (secondary N) is 2. The van der Waals surface area contributed by atoms with Crippen molar-refractivity contribution in [3.8, 4) is 10.6 Å². The molecule has 2 saturated heterocycles. The number of rotatable bonds is 3. The van der Waals surface area contributed by atoms with E-state index in [1.54, 1.807) is 6.20 Å². The first-order valence-electron chi connectivity index (χ1n) is 7.79. The molecule has 114 valence electrons. The number of carbonyl (C=O) groups is 1. The van der Waals surface area contributed by atoms with Crippen molar-refractivity contribution in [2.75, 3.05) is 0 Å². The predicted octanol–water partition coefficient (Wildman–Crippen LogP) is 2.74. The second-order valence-corrected chi connectivity index (χ2v) is 7.29. The van der Waals surface area contributed by atoms with Crippen LogP contribution in [0.2, 0.25) is 0 Å². The van der Waals surface area contributed by atoms with Gasteiger partial charge < -0.3 is 10.6 Å². The molecule has 4 nitrogen and oxygen atoms in total. The molecule has 1 aromatic heterocycles. The number of nitrogens with zero attached hydrogens (tertiary/aromatic N) is 1. The Morgan fingerprint density at radius 2 is 2.32 bits per heavy atom. The Bertz CT molecular complexity index is 711. The number of hydrogen-bond acceptors (Lipinski definition) is 4. The number of carbonyl (C=O) groups excluding carboxylic acids is 1. The zero-order valence-electron chi connectivity index (χ0n) is 12.5. The minimum absolute atomic E-state index is 0.00996. The van der Waals surface area contributed by atoms with Crippen molar-refractivity contribution in [1.29, 1.82) is 0 Å². The molecule has 1 amide bonds. The molecule has 3 atom stereocenters. The van der Waals surface area contributed by atoms with Crippen molar-refractivity contribution in [2.45, 2.75) is 44.3 Å². The predicted molar refractivity (Wildman–Crippen MR) is 88.1 cm³/mol. The van der Waals surface area contributed by atoms with Crippen molar-refractivity contribution >= 4 is 17.2 Å². The van der Waals surface area contributed by atoms with Crippen molar-refractivity contribution in [2.24, 2.45) is 0 Å². The van der Waals surface area contributed by atoms with E-state index in [0.29, 0.717) is 17.0 Å². The van der Waals surface area contributed by atoms with Gasteiger partial charge in [-0.3, -0.25) is 4.79 Å². The Morgan fingerprint density at radius 3 is 3.05 bits per heavy atom. The quantitative estimate of drug-likeness (QED) is 0.916. The summed E-state index contributed by atoms with van der Waals surface area (Å²) in [5.41, 5.74) is 2.28. The van der Waals surface area contributed by atoms with E-state index < -0.39 is 0 Å². The Labute approximate surface area is 134 Å². The first-order chi connectivity index (χ1) is 10.7. The van der Waals surface area contributed by atoms with Gasteiger partial charge >= 0.3 is 0 Å². The number of aromatic nitrogens is 1. The summed E-state index contributed by atoms with van der Waals surface area (Å²) in [6.45, 7) is 2.06. The summed E-state index contributed by atoms with van der Waals surface area (Å²) in [5.74, 6) is 0.00996. The van der Waals surface area contributed by atoms with Gasteiger partial charge in [0.15, 0.2) is 0 Å². The first-order valence-corrected chi connectivity index (χ1v) is 8.60.